The fourth-order valence-electron chi connectivity index (χ4n) is 3.34. The molecular formula is C25H24N2O4S. The third-order valence-corrected chi connectivity index (χ3v) is 6.28. The number of benzene rings is 4. The summed E-state index contributed by atoms with van der Waals surface area (Å²) in [6.45, 7) is 1.61. The molecule has 0 unspecified atom stereocenters. The number of nitrogens with one attached hydrogen (secondary N) is 2. The molecule has 0 aliphatic heterocycles. The van der Waals surface area contributed by atoms with Gasteiger partial charge < -0.3 is 15.2 Å². The van der Waals surface area contributed by atoms with Gasteiger partial charge in [0.05, 0.1) is 4.90 Å². The van der Waals surface area contributed by atoms with Crippen LogP contribution in [0.1, 0.15) is 5.56 Å². The number of hydrogen-bond acceptors (Lipinski definition) is 5. The lowest BCUT2D eigenvalue weighted by molar-refractivity contribution is 0.312. The summed E-state index contributed by atoms with van der Waals surface area (Å²) < 4.78 is 34.0. The highest BCUT2D eigenvalue weighted by molar-refractivity contribution is 7.92. The van der Waals surface area contributed by atoms with E-state index < -0.39 is 10.0 Å². The summed E-state index contributed by atoms with van der Waals surface area (Å²) in [6.07, 6.45) is 0. The summed E-state index contributed by atoms with van der Waals surface area (Å²) in [7, 11) is -3.70. The summed E-state index contributed by atoms with van der Waals surface area (Å²) in [4.78, 5) is 0.226. The molecular weight excluding hydrogens is 424 g/mol. The molecule has 4 aromatic carbocycles. The maximum Gasteiger partial charge on any atom is 0.261 e. The molecule has 0 bridgehead atoms. The second-order valence-corrected chi connectivity index (χ2v) is 9.02. The molecule has 0 aliphatic rings. The van der Waals surface area contributed by atoms with Gasteiger partial charge in [0.2, 0.25) is 0 Å². The van der Waals surface area contributed by atoms with Gasteiger partial charge in [0.15, 0.2) is 0 Å². The zero-order chi connectivity index (χ0) is 22.4. The van der Waals surface area contributed by atoms with E-state index in [1.54, 1.807) is 42.5 Å². The Morgan fingerprint density at radius 2 is 1.62 bits per heavy atom. The third kappa shape index (κ3) is 5.57. The molecule has 0 heterocycles. The number of ether oxygens (including phenoxy) is 1. The van der Waals surface area contributed by atoms with Crippen LogP contribution in [0.2, 0.25) is 0 Å². The molecule has 6 nitrogen and oxygen atoms in total. The SMILES string of the molecule is O=S(=O)(Nc1cccc(CNCCOc2cccc(O)c2)c1)c1ccc2ccccc2c1. The van der Waals surface area contributed by atoms with Crippen molar-refractivity contribution in [1.29, 1.82) is 0 Å². The summed E-state index contributed by atoms with van der Waals surface area (Å²) >= 11 is 0. The van der Waals surface area contributed by atoms with Gasteiger partial charge in [-0.3, -0.25) is 4.72 Å². The molecule has 0 aliphatic carbocycles. The molecule has 4 aromatic rings. The van der Waals surface area contributed by atoms with Gasteiger partial charge in [-0.1, -0.05) is 48.5 Å². The van der Waals surface area contributed by atoms with Crippen LogP contribution in [0.3, 0.4) is 0 Å². The Morgan fingerprint density at radius 3 is 2.47 bits per heavy atom. The second-order valence-electron chi connectivity index (χ2n) is 7.34. The van der Waals surface area contributed by atoms with Crippen LogP contribution in [0.5, 0.6) is 11.5 Å². The molecule has 0 amide bonds. The molecule has 32 heavy (non-hydrogen) atoms. The van der Waals surface area contributed by atoms with Crippen LogP contribution in [0.4, 0.5) is 5.69 Å². The molecule has 0 atom stereocenters. The van der Waals surface area contributed by atoms with Crippen LogP contribution in [-0.2, 0) is 16.6 Å². The number of sulfonamides is 1. The normalized spacial score (nSPS) is 11.4. The van der Waals surface area contributed by atoms with Crippen molar-refractivity contribution in [3.05, 3.63) is 96.6 Å². The molecule has 0 radical (unpaired) electrons. The molecule has 0 saturated carbocycles. The number of phenols is 1. The van der Waals surface area contributed by atoms with E-state index in [2.05, 4.69) is 10.0 Å². The monoisotopic (exact) mass is 448 g/mol. The lowest BCUT2D eigenvalue weighted by atomic mass is 10.1. The summed E-state index contributed by atoms with van der Waals surface area (Å²) in [5.41, 5.74) is 1.45. The van der Waals surface area contributed by atoms with Crippen molar-refractivity contribution in [3.8, 4) is 11.5 Å². The highest BCUT2D eigenvalue weighted by Gasteiger charge is 2.15. The van der Waals surface area contributed by atoms with E-state index in [9.17, 15) is 13.5 Å². The van der Waals surface area contributed by atoms with Gasteiger partial charge in [-0.15, -0.1) is 0 Å². The average Bonchev–Trinajstić information content (AvgIpc) is 2.78. The maximum atomic E-state index is 12.9. The second kappa shape index (κ2) is 9.72. The quantitative estimate of drug-likeness (QED) is 0.328. The van der Waals surface area contributed by atoms with Crippen LogP contribution in [0, 0.1) is 0 Å². The molecule has 164 valence electrons. The van der Waals surface area contributed by atoms with Crippen LogP contribution in [0.25, 0.3) is 10.8 Å². The van der Waals surface area contributed by atoms with Crippen LogP contribution in [-0.4, -0.2) is 26.7 Å². The van der Waals surface area contributed by atoms with Crippen LogP contribution >= 0.6 is 0 Å². The number of rotatable bonds is 9. The predicted molar refractivity (Wildman–Crippen MR) is 127 cm³/mol. The van der Waals surface area contributed by atoms with E-state index in [1.807, 2.05) is 48.5 Å². The topological polar surface area (TPSA) is 87.7 Å². The summed E-state index contributed by atoms with van der Waals surface area (Å²) in [6, 6.07) is 26.7. The van der Waals surface area contributed by atoms with Gasteiger partial charge in [0, 0.05) is 24.8 Å². The lowest BCUT2D eigenvalue weighted by Crippen LogP contribution is -2.20. The average molecular weight is 449 g/mol. The molecule has 0 spiro atoms. The van der Waals surface area contributed by atoms with Crippen molar-refractivity contribution in [1.82, 2.24) is 5.32 Å². The van der Waals surface area contributed by atoms with Crippen molar-refractivity contribution >= 4 is 26.5 Å². The number of fused-ring (bicyclic) bond motifs is 1. The smallest absolute Gasteiger partial charge is 0.261 e. The van der Waals surface area contributed by atoms with Crippen molar-refractivity contribution in [2.45, 2.75) is 11.4 Å². The standard InChI is InChI=1S/C25H24N2O4S/c28-23-9-4-10-24(17-23)31-14-13-26-18-19-5-3-8-22(15-19)27-32(29,30)25-12-11-20-6-1-2-7-21(20)16-25/h1-12,15-17,26-28H,13-14,18H2. The maximum absolute atomic E-state index is 12.9. The fourth-order valence-corrected chi connectivity index (χ4v) is 4.42. The number of aromatic hydroxyl groups is 1. The van der Waals surface area contributed by atoms with Crippen molar-refractivity contribution in [2.75, 3.05) is 17.9 Å². The molecule has 7 heteroatoms. The van der Waals surface area contributed by atoms with Gasteiger partial charge in [0.1, 0.15) is 18.1 Å². The first-order chi connectivity index (χ1) is 15.5. The van der Waals surface area contributed by atoms with E-state index in [4.69, 9.17) is 4.74 Å². The first-order valence-electron chi connectivity index (χ1n) is 10.2. The lowest BCUT2D eigenvalue weighted by Gasteiger charge is -2.11. The van der Waals surface area contributed by atoms with E-state index in [0.29, 0.717) is 31.1 Å². The van der Waals surface area contributed by atoms with Gasteiger partial charge in [-0.05, 0) is 52.7 Å². The largest absolute Gasteiger partial charge is 0.508 e. The van der Waals surface area contributed by atoms with Gasteiger partial charge in [0.25, 0.3) is 10.0 Å². The van der Waals surface area contributed by atoms with Crippen LogP contribution in [0.15, 0.2) is 95.9 Å². The Balaban J connectivity index is 1.33. The Kier molecular flexibility index (Phi) is 6.58. The van der Waals surface area contributed by atoms with E-state index in [-0.39, 0.29) is 10.6 Å². The summed E-state index contributed by atoms with van der Waals surface area (Å²) in [5, 5.41) is 14.6. The van der Waals surface area contributed by atoms with E-state index in [1.165, 1.54) is 0 Å². The number of hydrogen-bond donors (Lipinski definition) is 3. The molecule has 3 N–H and O–H groups in total. The minimum atomic E-state index is -3.70. The molecule has 4 rings (SSSR count). The van der Waals surface area contributed by atoms with Crippen LogP contribution < -0.4 is 14.8 Å². The van der Waals surface area contributed by atoms with Crippen molar-refractivity contribution in [3.63, 3.8) is 0 Å². The van der Waals surface area contributed by atoms with Crippen molar-refractivity contribution in [2.24, 2.45) is 0 Å². The molecule has 0 fully saturated rings. The molecule has 0 aromatic heterocycles. The van der Waals surface area contributed by atoms with Crippen molar-refractivity contribution < 1.29 is 18.3 Å². The third-order valence-electron chi connectivity index (χ3n) is 4.90. The Morgan fingerprint density at radius 1 is 0.812 bits per heavy atom. The van der Waals surface area contributed by atoms with E-state index in [0.717, 1.165) is 16.3 Å². The Labute approximate surface area is 187 Å². The van der Waals surface area contributed by atoms with Gasteiger partial charge in [-0.2, -0.15) is 0 Å². The predicted octanol–water partition coefficient (Wildman–Crippen LogP) is 4.51. The zero-order valence-corrected chi connectivity index (χ0v) is 18.2. The first kappa shape index (κ1) is 21.7. The number of anilines is 1. The highest BCUT2D eigenvalue weighted by Crippen LogP contribution is 2.22. The van der Waals surface area contributed by atoms with Gasteiger partial charge >= 0.3 is 0 Å². The Hall–Kier alpha value is -3.55. The first-order valence-corrected chi connectivity index (χ1v) is 11.7. The molecule has 0 saturated heterocycles. The Bertz CT molecular complexity index is 1320. The van der Waals surface area contributed by atoms with E-state index >= 15 is 0 Å². The van der Waals surface area contributed by atoms with Gasteiger partial charge in [-0.25, -0.2) is 8.42 Å². The zero-order valence-electron chi connectivity index (χ0n) is 17.4. The highest BCUT2D eigenvalue weighted by atomic mass is 32.2. The minimum absolute atomic E-state index is 0.165. The fraction of sp³-hybridized carbons (Fsp3) is 0.120. The summed E-state index contributed by atoms with van der Waals surface area (Å²) in [5.74, 6) is 0.773. The minimum Gasteiger partial charge on any atom is -0.508 e. The number of phenolic OH excluding ortho intramolecular Hbond substituents is 1.